The van der Waals surface area contributed by atoms with Crippen molar-refractivity contribution in [2.24, 2.45) is 16.8 Å². The Morgan fingerprint density at radius 2 is 1.08 bits per heavy atom. The number of nitrogens with zero attached hydrogens (tertiary/aromatic N) is 1. The molecule has 262 valence electrons. The summed E-state index contributed by atoms with van der Waals surface area (Å²) in [4.78, 5) is 44.2. The molecule has 3 amide bonds. The van der Waals surface area contributed by atoms with Crippen LogP contribution < -0.4 is 30.5 Å². The number of aliphatic imine (C=N–C) groups is 1. The number of hydrogen-bond donors (Lipinski definition) is 3. The van der Waals surface area contributed by atoms with Gasteiger partial charge in [0.25, 0.3) is 17.7 Å². The Hall–Kier alpha value is -4.94. The van der Waals surface area contributed by atoms with Gasteiger partial charge in [-0.25, -0.2) is 0 Å². The zero-order valence-electron chi connectivity index (χ0n) is 27.8. The molecule has 1 aliphatic carbocycles. The van der Waals surface area contributed by atoms with E-state index in [0.717, 1.165) is 36.8 Å². The van der Waals surface area contributed by atoms with E-state index < -0.39 is 5.90 Å². The van der Waals surface area contributed by atoms with Gasteiger partial charge < -0.3 is 40.0 Å². The van der Waals surface area contributed by atoms with Crippen molar-refractivity contribution in [2.45, 2.75) is 51.0 Å². The first-order chi connectivity index (χ1) is 24.3. The van der Waals surface area contributed by atoms with Crippen LogP contribution in [-0.2, 0) is 22.6 Å². The van der Waals surface area contributed by atoms with Gasteiger partial charge in [0.2, 0.25) is 0 Å². The summed E-state index contributed by atoms with van der Waals surface area (Å²) in [6.07, 6.45) is 3.68. The highest BCUT2D eigenvalue weighted by Crippen LogP contribution is 2.29. The molecule has 2 unspecified atom stereocenters. The largest absolute Gasteiger partial charge is 0.858 e. The zero-order chi connectivity index (χ0) is 34.5. The van der Waals surface area contributed by atoms with Crippen LogP contribution in [0.5, 0.6) is 11.5 Å². The van der Waals surface area contributed by atoms with Crippen LogP contribution in [-0.4, -0.2) is 75.3 Å². The van der Waals surface area contributed by atoms with Crippen LogP contribution in [0.25, 0.3) is 0 Å². The van der Waals surface area contributed by atoms with Gasteiger partial charge in [0.15, 0.2) is 0 Å². The van der Waals surface area contributed by atoms with Crippen LogP contribution >= 0.6 is 0 Å². The van der Waals surface area contributed by atoms with E-state index in [-0.39, 0.29) is 48.6 Å². The molecule has 0 spiro atoms. The van der Waals surface area contributed by atoms with Crippen molar-refractivity contribution in [3.05, 3.63) is 94.0 Å². The first-order valence-corrected chi connectivity index (χ1v) is 17.3. The molecule has 12 heteroatoms. The molecule has 3 aromatic carbocycles. The molecule has 7 aliphatic rings. The summed E-state index contributed by atoms with van der Waals surface area (Å²) in [5.41, 5.74) is 2.93. The van der Waals surface area contributed by atoms with Crippen LogP contribution in [0.1, 0.15) is 73.4 Å². The van der Waals surface area contributed by atoms with Crippen LogP contribution in [0.15, 0.2) is 65.7 Å². The second-order valence-corrected chi connectivity index (χ2v) is 13.5. The Morgan fingerprint density at radius 3 is 1.58 bits per heavy atom. The minimum atomic E-state index is -0.453. The molecule has 3 fully saturated rings. The summed E-state index contributed by atoms with van der Waals surface area (Å²) in [7, 11) is 0. The van der Waals surface area contributed by atoms with Gasteiger partial charge in [-0.2, -0.15) is 0 Å². The van der Waals surface area contributed by atoms with Crippen molar-refractivity contribution in [1.82, 2.24) is 16.0 Å². The SMILES string of the molecule is O=C1NCc2ccc(cc2)CN=C([O-])c2cc(OCC3CO3)cc(c2)C(=O)NCC2CCC(CC2)CNC(=O)c2cc(OCC3CO3)cc1c2. The number of nitrogens with one attached hydrogen (secondary N) is 3. The maximum atomic E-state index is 13.3. The molecule has 12 nitrogen and oxygen atoms in total. The Balaban J connectivity index is 1.11. The molecular formula is C38H41N4O8-. The summed E-state index contributed by atoms with van der Waals surface area (Å²) in [5.74, 6) is 0.106. The summed E-state index contributed by atoms with van der Waals surface area (Å²) < 4.78 is 22.2. The molecule has 2 atom stereocenters. The average Bonchev–Trinajstić information content (AvgIpc) is 4.09. The Morgan fingerprint density at radius 1 is 0.640 bits per heavy atom. The lowest BCUT2D eigenvalue weighted by atomic mass is 9.82. The third-order valence-corrected chi connectivity index (χ3v) is 9.47. The van der Waals surface area contributed by atoms with Gasteiger partial charge in [-0.1, -0.05) is 24.3 Å². The molecule has 10 rings (SSSR count). The highest BCUT2D eigenvalue weighted by molar-refractivity contribution is 6.00. The van der Waals surface area contributed by atoms with E-state index >= 15 is 0 Å². The molecule has 0 aromatic heterocycles. The smallest absolute Gasteiger partial charge is 0.251 e. The lowest BCUT2D eigenvalue weighted by Crippen LogP contribution is -2.35. The first kappa shape index (κ1) is 33.6. The van der Waals surface area contributed by atoms with Crippen LogP contribution in [0, 0.1) is 11.8 Å². The van der Waals surface area contributed by atoms with Crippen molar-refractivity contribution in [1.29, 1.82) is 0 Å². The lowest BCUT2D eigenvalue weighted by molar-refractivity contribution is -0.213. The third-order valence-electron chi connectivity index (χ3n) is 9.47. The van der Waals surface area contributed by atoms with E-state index in [1.165, 1.54) is 0 Å². The van der Waals surface area contributed by atoms with Crippen LogP contribution in [0.2, 0.25) is 0 Å². The van der Waals surface area contributed by atoms with E-state index in [4.69, 9.17) is 18.9 Å². The van der Waals surface area contributed by atoms with Crippen LogP contribution in [0.3, 0.4) is 0 Å². The van der Waals surface area contributed by atoms with Gasteiger partial charge >= 0.3 is 0 Å². The normalized spacial score (nSPS) is 24.0. The quantitative estimate of drug-likeness (QED) is 0.334. The summed E-state index contributed by atoms with van der Waals surface area (Å²) in [6.45, 7) is 3.35. The lowest BCUT2D eigenvalue weighted by Gasteiger charge is -2.28. The Labute approximate surface area is 290 Å². The molecule has 6 aliphatic heterocycles. The minimum Gasteiger partial charge on any atom is -0.858 e. The average molecular weight is 682 g/mol. The van der Waals surface area contributed by atoms with E-state index in [9.17, 15) is 19.5 Å². The number of amides is 3. The summed E-state index contributed by atoms with van der Waals surface area (Å²) in [5, 5.41) is 22.3. The molecule has 3 N–H and O–H groups in total. The molecule has 3 aromatic rings. The molecule has 6 heterocycles. The molecular weight excluding hydrogens is 640 g/mol. The van der Waals surface area contributed by atoms with Gasteiger partial charge in [0.1, 0.15) is 36.9 Å². The number of benzene rings is 3. The molecule has 0 radical (unpaired) electrons. The van der Waals surface area contributed by atoms with Crippen molar-refractivity contribution in [3.63, 3.8) is 0 Å². The Kier molecular flexibility index (Phi) is 10.3. The van der Waals surface area contributed by atoms with Crippen LogP contribution in [0.4, 0.5) is 0 Å². The fraction of sp³-hybridized carbons (Fsp3) is 0.421. The second kappa shape index (κ2) is 15.3. The fourth-order valence-electron chi connectivity index (χ4n) is 6.21. The number of carbonyl (C=O) groups excluding carboxylic acids is 3. The van der Waals surface area contributed by atoms with Gasteiger partial charge in [-0.15, -0.1) is 0 Å². The van der Waals surface area contributed by atoms with Crippen molar-refractivity contribution in [2.75, 3.05) is 39.5 Å². The maximum absolute atomic E-state index is 13.3. The highest BCUT2D eigenvalue weighted by Gasteiger charge is 2.26. The topological polar surface area (TPSA) is 166 Å². The zero-order valence-corrected chi connectivity index (χ0v) is 27.8. The third kappa shape index (κ3) is 9.19. The molecule has 1 saturated carbocycles. The number of epoxide rings is 2. The first-order valence-electron chi connectivity index (χ1n) is 17.3. The molecule has 8 bridgehead atoms. The molecule has 50 heavy (non-hydrogen) atoms. The maximum Gasteiger partial charge on any atom is 0.251 e. The van der Waals surface area contributed by atoms with Crippen molar-refractivity contribution in [3.8, 4) is 11.5 Å². The van der Waals surface area contributed by atoms with Crippen molar-refractivity contribution < 1.29 is 38.4 Å². The summed E-state index contributed by atoms with van der Waals surface area (Å²) in [6, 6.07) is 17.1. The standard InChI is InChI=1S/C38H42N4O8/c43-35-27-9-29(13-31(11-27)47-19-33-21-49-33)37(45)41-17-25-5-7-26(8-6-25)18-42-38(46)30-10-28(12-32(14-30)48-20-34-22-50-34)36(44)40-16-24-2-1-23(3-4-24)15-39-35/h1-4,9-14,25-26,33-34H,5-8,15-22H2,(H,39,43)(H,40,44)(H,41,45)(H,42,46)/p-1. The summed E-state index contributed by atoms with van der Waals surface area (Å²) >= 11 is 0. The van der Waals surface area contributed by atoms with E-state index in [1.807, 2.05) is 24.3 Å². The molecule has 2 saturated heterocycles. The number of rotatable bonds is 6. The fourth-order valence-corrected chi connectivity index (χ4v) is 6.21. The number of ether oxygens (including phenoxy) is 4. The minimum absolute atomic E-state index is 0.0181. The van der Waals surface area contributed by atoms with Gasteiger partial charge in [-0.05, 0) is 96.5 Å². The predicted octanol–water partition coefficient (Wildman–Crippen LogP) is 2.76. The predicted molar refractivity (Wildman–Crippen MR) is 181 cm³/mol. The Bertz CT molecular complexity index is 1740. The van der Waals surface area contributed by atoms with E-state index in [2.05, 4.69) is 20.9 Å². The number of carbonyl (C=O) groups is 3. The van der Waals surface area contributed by atoms with Gasteiger partial charge in [-0.3, -0.25) is 19.4 Å². The van der Waals surface area contributed by atoms with Crippen molar-refractivity contribution >= 4 is 23.6 Å². The monoisotopic (exact) mass is 681 g/mol. The van der Waals surface area contributed by atoms with E-state index in [0.29, 0.717) is 79.5 Å². The van der Waals surface area contributed by atoms with Gasteiger partial charge in [0, 0.05) is 36.3 Å². The van der Waals surface area contributed by atoms with Gasteiger partial charge in [0.05, 0.1) is 19.8 Å². The second-order valence-electron chi connectivity index (χ2n) is 13.5. The number of hydrogen-bond acceptors (Lipinski definition) is 9. The highest BCUT2D eigenvalue weighted by atomic mass is 16.6. The van der Waals surface area contributed by atoms with E-state index in [1.54, 1.807) is 36.4 Å².